The van der Waals surface area contributed by atoms with Gasteiger partial charge in [-0.1, -0.05) is 0 Å². The number of aromatic nitrogens is 2. The Hall–Kier alpha value is -2.82. The number of benzene rings is 1. The number of furan rings is 1. The van der Waals surface area contributed by atoms with Crippen molar-refractivity contribution in [3.63, 3.8) is 0 Å². The normalized spacial score (nSPS) is 11.6. The van der Waals surface area contributed by atoms with E-state index in [0.29, 0.717) is 21.9 Å². The molecule has 3 heterocycles. The zero-order chi connectivity index (χ0) is 17.9. The molecular weight excluding hydrogens is 322 g/mol. The maximum absolute atomic E-state index is 14.7. The number of pyridine rings is 2. The van der Waals surface area contributed by atoms with Crippen molar-refractivity contribution in [2.75, 3.05) is 0 Å². The van der Waals surface area contributed by atoms with Crippen LogP contribution < -0.4 is 4.57 Å². The van der Waals surface area contributed by atoms with Gasteiger partial charge in [-0.3, -0.25) is 0 Å². The number of halogens is 2. The molecule has 0 atom stereocenters. The second-order valence-electron chi connectivity index (χ2n) is 6.51. The Balaban J connectivity index is 2.20. The van der Waals surface area contributed by atoms with E-state index in [0.717, 1.165) is 22.4 Å². The van der Waals surface area contributed by atoms with Crippen LogP contribution in [0.15, 0.2) is 34.9 Å². The van der Waals surface area contributed by atoms with Crippen molar-refractivity contribution in [3.05, 3.63) is 58.9 Å². The molecule has 5 heteroatoms. The lowest BCUT2D eigenvalue weighted by Gasteiger charge is -2.07. The number of hydrogen-bond acceptors (Lipinski definition) is 2. The van der Waals surface area contributed by atoms with Crippen LogP contribution in [-0.2, 0) is 7.05 Å². The fraction of sp³-hybridized carbons (Fsp3) is 0.200. The van der Waals surface area contributed by atoms with Gasteiger partial charge in [-0.2, -0.15) is 9.37 Å². The van der Waals surface area contributed by atoms with Crippen LogP contribution >= 0.6 is 0 Å². The molecule has 25 heavy (non-hydrogen) atoms. The summed E-state index contributed by atoms with van der Waals surface area (Å²) in [6, 6.07) is 7.10. The summed E-state index contributed by atoms with van der Waals surface area (Å²) in [6.07, 6.45) is 1.95. The molecule has 4 rings (SSSR count). The van der Waals surface area contributed by atoms with Gasteiger partial charge < -0.3 is 4.42 Å². The first-order valence-electron chi connectivity index (χ1n) is 8.02. The van der Waals surface area contributed by atoms with E-state index in [1.807, 2.05) is 43.8 Å². The first kappa shape index (κ1) is 15.7. The average molecular weight is 339 g/mol. The second-order valence-corrected chi connectivity index (χ2v) is 6.51. The molecule has 0 aliphatic rings. The number of aryl methyl sites for hydroxylation is 4. The fourth-order valence-electron chi connectivity index (χ4n) is 3.27. The molecule has 0 spiro atoms. The minimum absolute atomic E-state index is 0.110. The Kier molecular flexibility index (Phi) is 3.35. The molecule has 0 saturated heterocycles. The van der Waals surface area contributed by atoms with E-state index in [2.05, 4.69) is 4.98 Å². The van der Waals surface area contributed by atoms with Crippen LogP contribution in [0.5, 0.6) is 0 Å². The molecule has 0 unspecified atom stereocenters. The van der Waals surface area contributed by atoms with Gasteiger partial charge in [-0.05, 0) is 44.0 Å². The minimum atomic E-state index is -0.605. The Morgan fingerprint density at radius 3 is 2.56 bits per heavy atom. The Labute approximate surface area is 143 Å². The fourth-order valence-corrected chi connectivity index (χ4v) is 3.27. The first-order valence-corrected chi connectivity index (χ1v) is 8.02. The highest BCUT2D eigenvalue weighted by Crippen LogP contribution is 2.38. The highest BCUT2D eigenvalue weighted by molar-refractivity contribution is 6.09. The highest BCUT2D eigenvalue weighted by Gasteiger charge is 2.24. The van der Waals surface area contributed by atoms with Gasteiger partial charge in [0.05, 0.1) is 16.3 Å². The second kappa shape index (κ2) is 5.34. The maximum atomic E-state index is 14.7. The SMILES string of the molecule is Cc1cc[n+](C)c(-c2c(C)cc(F)c3c2oc2nc(F)c(C)cc23)c1. The van der Waals surface area contributed by atoms with Gasteiger partial charge in [0.2, 0.25) is 17.4 Å². The summed E-state index contributed by atoms with van der Waals surface area (Å²) < 4.78 is 36.3. The van der Waals surface area contributed by atoms with Crippen LogP contribution in [0, 0.1) is 32.5 Å². The van der Waals surface area contributed by atoms with E-state index in [9.17, 15) is 8.78 Å². The van der Waals surface area contributed by atoms with Crippen LogP contribution in [0.3, 0.4) is 0 Å². The Morgan fingerprint density at radius 1 is 1.04 bits per heavy atom. The van der Waals surface area contributed by atoms with E-state index >= 15 is 0 Å². The minimum Gasteiger partial charge on any atom is -0.437 e. The van der Waals surface area contributed by atoms with Gasteiger partial charge in [-0.25, -0.2) is 8.96 Å². The Bertz CT molecular complexity index is 1160. The summed E-state index contributed by atoms with van der Waals surface area (Å²) >= 11 is 0. The molecule has 1 aromatic carbocycles. The molecule has 4 aromatic rings. The molecule has 0 N–H and O–H groups in total. The van der Waals surface area contributed by atoms with Gasteiger partial charge in [0.1, 0.15) is 12.9 Å². The van der Waals surface area contributed by atoms with Crippen molar-refractivity contribution in [1.29, 1.82) is 0 Å². The van der Waals surface area contributed by atoms with Crippen molar-refractivity contribution in [2.45, 2.75) is 20.8 Å². The molecular formula is C20H17F2N2O+. The smallest absolute Gasteiger partial charge is 0.230 e. The largest absolute Gasteiger partial charge is 0.437 e. The van der Waals surface area contributed by atoms with Crippen molar-refractivity contribution < 1.29 is 17.8 Å². The lowest BCUT2D eigenvalue weighted by Crippen LogP contribution is -2.30. The first-order chi connectivity index (χ1) is 11.9. The molecule has 3 aromatic heterocycles. The van der Waals surface area contributed by atoms with Gasteiger partial charge >= 0.3 is 0 Å². The molecule has 0 bridgehead atoms. The van der Waals surface area contributed by atoms with Crippen molar-refractivity contribution in [2.24, 2.45) is 7.05 Å². The third-order valence-electron chi connectivity index (χ3n) is 4.58. The van der Waals surface area contributed by atoms with E-state index in [1.165, 1.54) is 6.07 Å². The van der Waals surface area contributed by atoms with Gasteiger partial charge in [0.15, 0.2) is 11.8 Å². The van der Waals surface area contributed by atoms with Gasteiger partial charge in [0.25, 0.3) is 0 Å². The number of nitrogens with zero attached hydrogens (tertiary/aromatic N) is 2. The number of fused-ring (bicyclic) bond motifs is 3. The summed E-state index contributed by atoms with van der Waals surface area (Å²) in [6.45, 7) is 5.44. The third kappa shape index (κ3) is 2.30. The molecule has 126 valence electrons. The summed E-state index contributed by atoms with van der Waals surface area (Å²) in [5, 5.41) is 0.829. The molecule has 0 aliphatic carbocycles. The molecule has 3 nitrogen and oxygen atoms in total. The Morgan fingerprint density at radius 2 is 1.80 bits per heavy atom. The quantitative estimate of drug-likeness (QED) is 0.372. The van der Waals surface area contributed by atoms with Crippen LogP contribution in [0.4, 0.5) is 8.78 Å². The number of hydrogen-bond donors (Lipinski definition) is 0. The van der Waals surface area contributed by atoms with Crippen molar-refractivity contribution in [1.82, 2.24) is 4.98 Å². The molecule has 0 saturated carbocycles. The van der Waals surface area contributed by atoms with E-state index < -0.39 is 11.8 Å². The number of rotatable bonds is 1. The standard InChI is InChI=1S/C20H17F2N2O/c1-10-5-6-24(4)15(7-10)16-11(2)9-14(21)17-13-8-12(3)19(22)23-20(13)25-18(16)17/h5-9H,1-4H3/q+1. The topological polar surface area (TPSA) is 29.9 Å². The molecule has 0 aliphatic heterocycles. The van der Waals surface area contributed by atoms with E-state index in [-0.39, 0.29) is 5.71 Å². The van der Waals surface area contributed by atoms with Gasteiger partial charge in [-0.15, -0.1) is 0 Å². The summed E-state index contributed by atoms with van der Waals surface area (Å²) in [5.41, 5.74) is 4.39. The van der Waals surface area contributed by atoms with E-state index in [1.54, 1.807) is 13.0 Å². The summed E-state index contributed by atoms with van der Waals surface area (Å²) in [5.74, 6) is -0.996. The zero-order valence-electron chi connectivity index (χ0n) is 14.4. The molecule has 0 radical (unpaired) electrons. The van der Waals surface area contributed by atoms with Gasteiger partial charge in [0, 0.05) is 17.7 Å². The summed E-state index contributed by atoms with van der Waals surface area (Å²) in [4.78, 5) is 3.85. The molecule has 0 amide bonds. The summed E-state index contributed by atoms with van der Waals surface area (Å²) in [7, 11) is 1.92. The lowest BCUT2D eigenvalue weighted by atomic mass is 9.99. The van der Waals surface area contributed by atoms with Crippen LogP contribution in [-0.4, -0.2) is 4.98 Å². The van der Waals surface area contributed by atoms with Crippen molar-refractivity contribution in [3.8, 4) is 11.3 Å². The monoisotopic (exact) mass is 339 g/mol. The predicted octanol–water partition coefficient (Wildman–Crippen LogP) is 4.68. The third-order valence-corrected chi connectivity index (χ3v) is 4.58. The van der Waals surface area contributed by atoms with E-state index in [4.69, 9.17) is 4.42 Å². The average Bonchev–Trinajstić information content (AvgIpc) is 2.89. The van der Waals surface area contributed by atoms with Crippen LogP contribution in [0.25, 0.3) is 33.3 Å². The van der Waals surface area contributed by atoms with Crippen LogP contribution in [0.2, 0.25) is 0 Å². The predicted molar refractivity (Wildman–Crippen MR) is 92.3 cm³/mol. The lowest BCUT2D eigenvalue weighted by molar-refractivity contribution is -0.660. The zero-order valence-corrected chi connectivity index (χ0v) is 14.4. The molecule has 0 fully saturated rings. The highest BCUT2D eigenvalue weighted by atomic mass is 19.1. The maximum Gasteiger partial charge on any atom is 0.230 e. The van der Waals surface area contributed by atoms with Crippen LogP contribution in [0.1, 0.15) is 16.7 Å². The van der Waals surface area contributed by atoms with Crippen molar-refractivity contribution >= 4 is 22.1 Å².